The first-order chi connectivity index (χ1) is 21.0. The first kappa shape index (κ1) is 28.0. The maximum absolute atomic E-state index is 12.9. The van der Waals surface area contributed by atoms with E-state index in [1.165, 1.54) is 24.5 Å². The number of nitrogens with zero attached hydrogens (tertiary/aromatic N) is 7. The van der Waals surface area contributed by atoms with Crippen molar-refractivity contribution in [2.45, 2.75) is 46.1 Å². The van der Waals surface area contributed by atoms with Gasteiger partial charge in [0.15, 0.2) is 11.3 Å². The number of aromatic nitrogens is 8. The van der Waals surface area contributed by atoms with Gasteiger partial charge < -0.3 is 9.30 Å². The van der Waals surface area contributed by atoms with E-state index in [9.17, 15) is 10.0 Å². The number of aryl methyl sites for hydroxylation is 1. The van der Waals surface area contributed by atoms with E-state index >= 15 is 0 Å². The summed E-state index contributed by atoms with van der Waals surface area (Å²) < 4.78 is 8.19. The van der Waals surface area contributed by atoms with Crippen molar-refractivity contribution in [1.29, 1.82) is 0 Å². The molecule has 0 spiro atoms. The van der Waals surface area contributed by atoms with Crippen molar-refractivity contribution in [2.75, 3.05) is 7.11 Å². The van der Waals surface area contributed by atoms with Crippen LogP contribution in [0.25, 0.3) is 39.4 Å². The lowest BCUT2D eigenvalue weighted by Gasteiger charge is -2.24. The Kier molecular flexibility index (Phi) is 7.78. The molecule has 1 aliphatic carbocycles. The highest BCUT2D eigenvalue weighted by Crippen LogP contribution is 2.36. The van der Waals surface area contributed by atoms with Crippen molar-refractivity contribution in [3.8, 4) is 22.6 Å². The fourth-order valence-electron chi connectivity index (χ4n) is 5.61. The van der Waals surface area contributed by atoms with Crippen LogP contribution < -0.4 is 4.73 Å². The third-order valence-electron chi connectivity index (χ3n) is 7.91. The highest BCUT2D eigenvalue weighted by atomic mass is 16.5. The van der Waals surface area contributed by atoms with E-state index in [4.69, 9.17) is 14.7 Å². The molecule has 6 rings (SSSR count). The molecule has 0 saturated carbocycles. The van der Waals surface area contributed by atoms with Gasteiger partial charge in [-0.25, -0.2) is 14.8 Å². The zero-order valence-corrected chi connectivity index (χ0v) is 24.4. The number of imidazole rings is 1. The second-order valence-electron chi connectivity index (χ2n) is 10.7. The van der Waals surface area contributed by atoms with E-state index in [1.807, 2.05) is 24.3 Å². The average molecular weight is 578 g/mol. The highest BCUT2D eigenvalue weighted by Gasteiger charge is 2.27. The lowest BCUT2D eigenvalue weighted by Crippen LogP contribution is -2.32. The summed E-state index contributed by atoms with van der Waals surface area (Å²) in [6.45, 7) is 4.96. The minimum absolute atomic E-state index is 0.123. The molecule has 4 heterocycles. The van der Waals surface area contributed by atoms with Crippen LogP contribution in [0.3, 0.4) is 0 Å². The van der Waals surface area contributed by atoms with Crippen LogP contribution in [-0.4, -0.2) is 53.4 Å². The molecule has 11 heteroatoms. The number of aromatic amines is 1. The van der Waals surface area contributed by atoms with Gasteiger partial charge in [0, 0.05) is 35.4 Å². The Balaban J connectivity index is 1.43. The summed E-state index contributed by atoms with van der Waals surface area (Å²) in [5.41, 5.74) is 6.73. The van der Waals surface area contributed by atoms with E-state index < -0.39 is 5.97 Å². The van der Waals surface area contributed by atoms with Gasteiger partial charge >= 0.3 is 5.97 Å². The molecule has 4 aromatic heterocycles. The Bertz CT molecular complexity index is 1860. The second kappa shape index (κ2) is 12.0. The topological polar surface area (TPSA) is 136 Å². The van der Waals surface area contributed by atoms with Crippen molar-refractivity contribution in [3.05, 3.63) is 89.5 Å². The molecule has 0 aliphatic heterocycles. The lowest BCUT2D eigenvalue weighted by atomic mass is 9.84. The molecular weight excluding hydrogens is 544 g/mol. The SMILES string of the molecule is CCCCc1nc2cc(-c3cccc[n+]3O)c(C(=O)OC)nc2n1CC1=CC=C(c2ccccc2-c2nn[nH]n2)CC1C. The molecule has 2 N–H and O–H groups in total. The number of H-pyrrole nitrogens is 1. The van der Waals surface area contributed by atoms with Gasteiger partial charge in [0.2, 0.25) is 12.0 Å². The molecule has 218 valence electrons. The highest BCUT2D eigenvalue weighted by molar-refractivity contribution is 5.97. The van der Waals surface area contributed by atoms with Crippen LogP contribution in [0.15, 0.2) is 72.5 Å². The molecule has 1 unspecified atom stereocenters. The average Bonchev–Trinajstić information content (AvgIpc) is 3.68. The third-order valence-corrected chi connectivity index (χ3v) is 7.91. The van der Waals surface area contributed by atoms with E-state index in [2.05, 4.69) is 57.3 Å². The smallest absolute Gasteiger partial charge is 0.357 e. The molecule has 1 aromatic carbocycles. The molecule has 0 fully saturated rings. The quantitative estimate of drug-likeness (QED) is 0.142. The van der Waals surface area contributed by atoms with Crippen molar-refractivity contribution in [3.63, 3.8) is 0 Å². The van der Waals surface area contributed by atoms with Crippen molar-refractivity contribution in [2.24, 2.45) is 5.92 Å². The summed E-state index contributed by atoms with van der Waals surface area (Å²) in [7, 11) is 1.33. The van der Waals surface area contributed by atoms with Gasteiger partial charge in [0.1, 0.15) is 11.3 Å². The summed E-state index contributed by atoms with van der Waals surface area (Å²) in [5, 5.41) is 25.2. The van der Waals surface area contributed by atoms with Crippen molar-refractivity contribution < 1.29 is 19.5 Å². The standard InChI is InChI=1S/C32H32N8O3/c1-4-5-13-28-33-26-18-25(27-12-8-9-16-40(27)42)29(32(41)43-3)34-31(26)39(28)19-22-15-14-21(17-20(22)2)23-10-6-7-11-24(23)30-35-37-38-36-30/h6-12,14-16,18,20,42H,4-5,13,17,19H2,1-3H3/p+1. The summed E-state index contributed by atoms with van der Waals surface area (Å²) in [4.78, 5) is 22.7. The fraction of sp³-hybridized carbons (Fsp3) is 0.281. The number of nitrogens with one attached hydrogen (secondary N) is 1. The monoisotopic (exact) mass is 577 g/mol. The molecule has 1 aliphatic rings. The van der Waals surface area contributed by atoms with Crippen LogP contribution >= 0.6 is 0 Å². The Morgan fingerprint density at radius 1 is 1.12 bits per heavy atom. The number of fused-ring (bicyclic) bond motifs is 1. The van der Waals surface area contributed by atoms with Gasteiger partial charge in [0.25, 0.3) is 5.69 Å². The Morgan fingerprint density at radius 3 is 2.65 bits per heavy atom. The Labute approximate surface area is 248 Å². The molecule has 43 heavy (non-hydrogen) atoms. The maximum atomic E-state index is 12.9. The van der Waals surface area contributed by atoms with Gasteiger partial charge in [-0.1, -0.05) is 56.7 Å². The number of carbonyl (C=O) groups excluding carboxylic acids is 1. The first-order valence-electron chi connectivity index (χ1n) is 14.4. The normalized spacial score (nSPS) is 14.9. The molecular formula is C32H33N8O3+. The predicted molar refractivity (Wildman–Crippen MR) is 160 cm³/mol. The Morgan fingerprint density at radius 2 is 1.93 bits per heavy atom. The molecule has 5 aromatic rings. The number of rotatable bonds is 9. The van der Waals surface area contributed by atoms with Gasteiger partial charge in [-0.05, 0) is 52.8 Å². The number of tetrazole rings is 1. The molecule has 1 atom stereocenters. The van der Waals surface area contributed by atoms with Crippen LogP contribution in [0, 0.1) is 5.92 Å². The summed E-state index contributed by atoms with van der Waals surface area (Å²) in [6.07, 6.45) is 9.47. The molecule has 0 bridgehead atoms. The van der Waals surface area contributed by atoms with Crippen molar-refractivity contribution >= 4 is 22.7 Å². The molecule has 0 radical (unpaired) electrons. The number of hydrogen-bond donors (Lipinski definition) is 2. The number of carbonyl (C=O) groups is 1. The molecule has 0 amide bonds. The van der Waals surface area contributed by atoms with Gasteiger partial charge in [-0.15, -0.1) is 10.2 Å². The largest absolute Gasteiger partial charge is 0.464 e. The number of pyridine rings is 2. The first-order valence-corrected chi connectivity index (χ1v) is 14.4. The van der Waals surface area contributed by atoms with Gasteiger partial charge in [-0.3, -0.25) is 5.21 Å². The number of unbranched alkanes of at least 4 members (excludes halogenated alkanes) is 1. The molecule has 11 nitrogen and oxygen atoms in total. The van der Waals surface area contributed by atoms with Crippen LogP contribution in [0.5, 0.6) is 0 Å². The number of methoxy groups -OCH3 is 1. The van der Waals surface area contributed by atoms with E-state index in [0.29, 0.717) is 34.8 Å². The molecule has 0 saturated heterocycles. The minimum Gasteiger partial charge on any atom is -0.464 e. The summed E-state index contributed by atoms with van der Waals surface area (Å²) in [6, 6.07) is 15.1. The lowest BCUT2D eigenvalue weighted by molar-refractivity contribution is -0.896. The zero-order chi connectivity index (χ0) is 29.9. The van der Waals surface area contributed by atoms with E-state index in [-0.39, 0.29) is 11.6 Å². The van der Waals surface area contributed by atoms with E-state index in [0.717, 1.165) is 47.4 Å². The Hall–Kier alpha value is -5.19. The van der Waals surface area contributed by atoms with E-state index in [1.54, 1.807) is 18.2 Å². The predicted octanol–water partition coefficient (Wildman–Crippen LogP) is 4.98. The van der Waals surface area contributed by atoms with Crippen LogP contribution in [0.2, 0.25) is 0 Å². The fourth-order valence-corrected chi connectivity index (χ4v) is 5.61. The third kappa shape index (κ3) is 5.41. The van der Waals surface area contributed by atoms with Crippen molar-refractivity contribution in [1.82, 2.24) is 35.2 Å². The zero-order valence-electron chi connectivity index (χ0n) is 24.4. The van der Waals surface area contributed by atoms with Crippen LogP contribution in [0.4, 0.5) is 0 Å². The number of benzene rings is 1. The van der Waals surface area contributed by atoms with Gasteiger partial charge in [0.05, 0.1) is 12.7 Å². The van der Waals surface area contributed by atoms with Crippen LogP contribution in [-0.2, 0) is 17.7 Å². The number of hydrogen-bond acceptors (Lipinski definition) is 8. The summed E-state index contributed by atoms with van der Waals surface area (Å²) in [5.74, 6) is 1.14. The number of esters is 1. The summed E-state index contributed by atoms with van der Waals surface area (Å²) >= 11 is 0. The minimum atomic E-state index is -0.582. The number of allylic oxidation sites excluding steroid dienone is 4. The number of ether oxygens (including phenoxy) is 1. The maximum Gasteiger partial charge on any atom is 0.357 e. The van der Waals surface area contributed by atoms with Crippen LogP contribution in [0.1, 0.15) is 55.0 Å². The van der Waals surface area contributed by atoms with Gasteiger partial charge in [-0.2, -0.15) is 5.21 Å². The second-order valence-corrected chi connectivity index (χ2v) is 10.7.